The molecule has 2 rings (SSSR count). The number of aromatic nitrogens is 1. The summed E-state index contributed by atoms with van der Waals surface area (Å²) in [7, 11) is 2.00. The van der Waals surface area contributed by atoms with Gasteiger partial charge in [0.2, 0.25) is 0 Å². The highest BCUT2D eigenvalue weighted by Gasteiger charge is 2.27. The van der Waals surface area contributed by atoms with Gasteiger partial charge in [-0.25, -0.2) is 4.98 Å². The van der Waals surface area contributed by atoms with Crippen molar-refractivity contribution in [3.63, 3.8) is 0 Å². The van der Waals surface area contributed by atoms with Crippen LogP contribution in [0.2, 0.25) is 5.15 Å². The van der Waals surface area contributed by atoms with Gasteiger partial charge in [-0.15, -0.1) is 0 Å². The van der Waals surface area contributed by atoms with E-state index in [9.17, 15) is 9.59 Å². The van der Waals surface area contributed by atoms with Gasteiger partial charge in [-0.3, -0.25) is 9.59 Å². The maximum atomic E-state index is 13.2. The summed E-state index contributed by atoms with van der Waals surface area (Å²) < 4.78 is 11.0. The molecular weight excluding hydrogens is 427 g/mol. The smallest absolute Gasteiger partial charge is 0.305 e. The van der Waals surface area contributed by atoms with Gasteiger partial charge in [-0.2, -0.15) is 0 Å². The van der Waals surface area contributed by atoms with Crippen molar-refractivity contribution >= 4 is 31.3 Å². The monoisotopic (exact) mass is 458 g/mol. The van der Waals surface area contributed by atoms with Crippen LogP contribution in [0.5, 0.6) is 5.75 Å². The average Bonchev–Trinajstić information content (AvgIpc) is 2.76. The first kappa shape index (κ1) is 25.7. The lowest BCUT2D eigenvalue weighted by Crippen LogP contribution is -2.40. The molecule has 1 amide bonds. The number of carbonyl (C=O) groups is 2. The van der Waals surface area contributed by atoms with Gasteiger partial charge in [0.1, 0.15) is 18.7 Å². The minimum atomic E-state index is -0.196. The topological polar surface area (TPSA) is 68.7 Å². The van der Waals surface area contributed by atoms with Crippen LogP contribution in [0.4, 0.5) is 0 Å². The predicted octanol–water partition coefficient (Wildman–Crippen LogP) is 4.42. The van der Waals surface area contributed by atoms with E-state index in [0.29, 0.717) is 30.4 Å². The van der Waals surface area contributed by atoms with Crippen LogP contribution >= 0.6 is 11.6 Å². The highest BCUT2D eigenvalue weighted by atomic mass is 35.5. The number of esters is 1. The number of nitrogens with zero attached hydrogens (tertiary/aromatic N) is 2. The Hall–Kier alpha value is -2.54. The van der Waals surface area contributed by atoms with Crippen LogP contribution in [0.1, 0.15) is 68.3 Å². The fourth-order valence-electron chi connectivity index (χ4n) is 3.58. The first-order chi connectivity index (χ1) is 15.3. The fraction of sp³-hybridized carbons (Fsp3) is 0.458. The Labute approximate surface area is 196 Å². The molecule has 6 nitrogen and oxygen atoms in total. The third-order valence-corrected chi connectivity index (χ3v) is 5.36. The Morgan fingerprint density at radius 2 is 1.88 bits per heavy atom. The van der Waals surface area contributed by atoms with Gasteiger partial charge in [0.25, 0.3) is 5.91 Å². The number of rotatable bonds is 12. The van der Waals surface area contributed by atoms with Crippen molar-refractivity contribution in [3.8, 4) is 5.75 Å². The second kappa shape index (κ2) is 13.1. The summed E-state index contributed by atoms with van der Waals surface area (Å²) in [6.07, 6.45) is 4.45. The van der Waals surface area contributed by atoms with E-state index in [0.717, 1.165) is 30.6 Å². The maximum Gasteiger partial charge on any atom is 0.305 e. The molecule has 32 heavy (non-hydrogen) atoms. The van der Waals surface area contributed by atoms with E-state index in [-0.39, 0.29) is 23.9 Å². The van der Waals surface area contributed by atoms with Crippen LogP contribution in [-0.4, -0.2) is 48.9 Å². The molecule has 8 heteroatoms. The van der Waals surface area contributed by atoms with Crippen molar-refractivity contribution in [1.29, 1.82) is 0 Å². The highest BCUT2D eigenvalue weighted by molar-refractivity contribution is 6.29. The molecule has 172 valence electrons. The Bertz CT molecular complexity index is 877. The SMILES string of the molecule is BC(c1ccccc1OCCCCCC(=O)OCC)N(C(=O)c1ccc(Cl)nc1)C(C)C. The number of para-hydroxylation sites is 1. The molecule has 0 bridgehead atoms. The van der Waals surface area contributed by atoms with Crippen LogP contribution in [-0.2, 0) is 9.53 Å². The first-order valence-corrected chi connectivity index (χ1v) is 11.5. The largest absolute Gasteiger partial charge is 0.493 e. The molecule has 0 aliphatic heterocycles. The van der Waals surface area contributed by atoms with Crippen LogP contribution < -0.4 is 4.74 Å². The predicted molar refractivity (Wildman–Crippen MR) is 129 cm³/mol. The van der Waals surface area contributed by atoms with E-state index in [2.05, 4.69) is 4.98 Å². The van der Waals surface area contributed by atoms with Crippen molar-refractivity contribution < 1.29 is 19.1 Å². The second-order valence-electron chi connectivity index (χ2n) is 7.85. The summed E-state index contributed by atoms with van der Waals surface area (Å²) in [5.41, 5.74) is 1.44. The Balaban J connectivity index is 2.02. The summed E-state index contributed by atoms with van der Waals surface area (Å²) in [6.45, 7) is 6.75. The normalized spacial score (nSPS) is 11.8. The van der Waals surface area contributed by atoms with Gasteiger partial charge in [0, 0.05) is 30.2 Å². The second-order valence-corrected chi connectivity index (χ2v) is 8.24. The van der Waals surface area contributed by atoms with Crippen molar-refractivity contribution in [1.82, 2.24) is 9.88 Å². The third kappa shape index (κ3) is 7.55. The molecule has 0 radical (unpaired) electrons. The molecular formula is C24H32BClN2O4. The summed E-state index contributed by atoms with van der Waals surface area (Å²) in [4.78, 5) is 30.5. The molecule has 0 fully saturated rings. The van der Waals surface area contributed by atoms with Gasteiger partial charge >= 0.3 is 5.97 Å². The summed E-state index contributed by atoms with van der Waals surface area (Å²) in [5.74, 6) is 0.309. The van der Waals surface area contributed by atoms with Crippen molar-refractivity contribution in [2.75, 3.05) is 13.2 Å². The number of hydrogen-bond donors (Lipinski definition) is 0. The van der Waals surface area contributed by atoms with Crippen LogP contribution in [0.25, 0.3) is 0 Å². The van der Waals surface area contributed by atoms with E-state index < -0.39 is 0 Å². The van der Waals surface area contributed by atoms with E-state index in [4.69, 9.17) is 21.1 Å². The number of halogens is 1. The Morgan fingerprint density at radius 3 is 2.53 bits per heavy atom. The van der Waals surface area contributed by atoms with Crippen LogP contribution in [0.3, 0.4) is 0 Å². The quantitative estimate of drug-likeness (QED) is 0.204. The zero-order valence-electron chi connectivity index (χ0n) is 19.3. The lowest BCUT2D eigenvalue weighted by Gasteiger charge is -2.34. The molecule has 1 heterocycles. The molecule has 0 saturated heterocycles. The minimum absolute atomic E-state index is 0.0240. The molecule has 0 aliphatic carbocycles. The third-order valence-electron chi connectivity index (χ3n) is 5.14. The summed E-state index contributed by atoms with van der Waals surface area (Å²) in [6, 6.07) is 11.1. The Kier molecular flexibility index (Phi) is 10.5. The number of hydrogen-bond acceptors (Lipinski definition) is 5. The molecule has 0 saturated carbocycles. The van der Waals surface area contributed by atoms with Crippen LogP contribution in [0.15, 0.2) is 42.6 Å². The zero-order chi connectivity index (χ0) is 23.5. The van der Waals surface area contributed by atoms with Crippen molar-refractivity contribution in [3.05, 3.63) is 58.9 Å². The van der Waals surface area contributed by atoms with Gasteiger partial charge in [0.05, 0.1) is 18.8 Å². The first-order valence-electron chi connectivity index (χ1n) is 11.2. The van der Waals surface area contributed by atoms with Gasteiger partial charge < -0.3 is 14.4 Å². The molecule has 0 aliphatic rings. The number of amides is 1. The van der Waals surface area contributed by atoms with E-state index in [1.165, 1.54) is 6.20 Å². The molecule has 0 N–H and O–H groups in total. The number of pyridine rings is 1. The van der Waals surface area contributed by atoms with Crippen LogP contribution in [0, 0.1) is 0 Å². The summed E-state index contributed by atoms with van der Waals surface area (Å²) in [5, 5.41) is 0.353. The van der Waals surface area contributed by atoms with Gasteiger partial charge in [-0.1, -0.05) is 29.8 Å². The molecule has 1 aromatic heterocycles. The zero-order valence-corrected chi connectivity index (χ0v) is 20.1. The average molecular weight is 459 g/mol. The minimum Gasteiger partial charge on any atom is -0.493 e. The Morgan fingerprint density at radius 1 is 1.12 bits per heavy atom. The standard InChI is InChI=1S/C24H32BClN2O4/c1-4-31-22(29)12-6-5-9-15-32-20-11-8-7-10-19(20)23(25)28(17(2)3)24(30)18-13-14-21(26)27-16-18/h7-8,10-11,13-14,16-17,23H,4-6,9,12,15,25H2,1-3H3. The van der Waals surface area contributed by atoms with Gasteiger partial charge in [0.15, 0.2) is 0 Å². The fourth-order valence-corrected chi connectivity index (χ4v) is 3.69. The number of ether oxygens (including phenoxy) is 2. The lowest BCUT2D eigenvalue weighted by atomic mass is 9.85. The van der Waals surface area contributed by atoms with E-state index in [1.54, 1.807) is 12.1 Å². The maximum absolute atomic E-state index is 13.2. The number of carbonyl (C=O) groups excluding carboxylic acids is 2. The molecule has 1 atom stereocenters. The van der Waals surface area contributed by atoms with E-state index >= 15 is 0 Å². The van der Waals surface area contributed by atoms with Crippen molar-refractivity contribution in [2.45, 2.75) is 58.4 Å². The van der Waals surface area contributed by atoms with Gasteiger partial charge in [-0.05, 0) is 58.2 Å². The highest BCUT2D eigenvalue weighted by Crippen LogP contribution is 2.30. The van der Waals surface area contributed by atoms with E-state index in [1.807, 2.05) is 57.8 Å². The molecule has 2 aromatic rings. The lowest BCUT2D eigenvalue weighted by molar-refractivity contribution is -0.143. The summed E-state index contributed by atoms with van der Waals surface area (Å²) >= 11 is 5.87. The number of unbranched alkanes of at least 4 members (excludes halogenated alkanes) is 2. The molecule has 1 aromatic carbocycles. The van der Waals surface area contributed by atoms with Crippen molar-refractivity contribution in [2.24, 2.45) is 0 Å². The molecule has 0 spiro atoms. The number of benzene rings is 1. The molecule has 1 unspecified atom stereocenters.